The summed E-state index contributed by atoms with van der Waals surface area (Å²) in [6, 6.07) is 12.8. The van der Waals surface area contributed by atoms with Crippen molar-refractivity contribution < 1.29 is 33.4 Å². The summed E-state index contributed by atoms with van der Waals surface area (Å²) in [4.78, 5) is 29.4. The number of benzene rings is 2. The Morgan fingerprint density at radius 1 is 0.889 bits per heavy atom. The first-order chi connectivity index (χ1) is 13.1. The SMILES string of the molecule is COc1ccc(C(=O)OC2=NOCC2OC(=O)c2ccc(OC)cc2)cc1. The minimum Gasteiger partial charge on any atom is -0.497 e. The fraction of sp³-hybridized carbons (Fsp3) is 0.211. The van der Waals surface area contributed by atoms with E-state index in [4.69, 9.17) is 23.8 Å². The molecular weight excluding hydrogens is 354 g/mol. The predicted molar refractivity (Wildman–Crippen MR) is 94.0 cm³/mol. The third-order valence-electron chi connectivity index (χ3n) is 3.75. The molecule has 0 aliphatic carbocycles. The molecule has 0 saturated heterocycles. The molecular formula is C19H17NO7. The van der Waals surface area contributed by atoms with Crippen LogP contribution in [0.5, 0.6) is 11.5 Å². The van der Waals surface area contributed by atoms with Crippen molar-refractivity contribution in [2.75, 3.05) is 20.8 Å². The lowest BCUT2D eigenvalue weighted by atomic mass is 10.2. The Morgan fingerprint density at radius 2 is 1.41 bits per heavy atom. The van der Waals surface area contributed by atoms with Crippen molar-refractivity contribution in [3.05, 3.63) is 59.7 Å². The number of rotatable bonds is 5. The van der Waals surface area contributed by atoms with Crippen LogP contribution in [0, 0.1) is 0 Å². The lowest BCUT2D eigenvalue weighted by Gasteiger charge is -2.12. The molecule has 1 unspecified atom stereocenters. The lowest BCUT2D eigenvalue weighted by molar-refractivity contribution is 0.0262. The van der Waals surface area contributed by atoms with Gasteiger partial charge in [-0.05, 0) is 53.7 Å². The van der Waals surface area contributed by atoms with Crippen molar-refractivity contribution in [2.24, 2.45) is 5.16 Å². The van der Waals surface area contributed by atoms with Gasteiger partial charge in [-0.1, -0.05) is 0 Å². The first kappa shape index (κ1) is 18.2. The number of nitrogens with zero attached hydrogens (tertiary/aromatic N) is 1. The number of carbonyl (C=O) groups is 2. The van der Waals surface area contributed by atoms with Gasteiger partial charge in [-0.15, -0.1) is 0 Å². The second-order valence-electron chi connectivity index (χ2n) is 5.47. The number of methoxy groups -OCH3 is 2. The zero-order valence-electron chi connectivity index (χ0n) is 14.7. The first-order valence-electron chi connectivity index (χ1n) is 8.02. The van der Waals surface area contributed by atoms with E-state index >= 15 is 0 Å². The number of esters is 2. The quantitative estimate of drug-likeness (QED) is 0.745. The maximum absolute atomic E-state index is 12.2. The smallest absolute Gasteiger partial charge is 0.344 e. The fourth-order valence-electron chi connectivity index (χ4n) is 2.27. The molecule has 0 bridgehead atoms. The largest absolute Gasteiger partial charge is 0.497 e. The van der Waals surface area contributed by atoms with E-state index in [1.807, 2.05) is 0 Å². The van der Waals surface area contributed by atoms with Crippen molar-refractivity contribution in [2.45, 2.75) is 6.10 Å². The molecule has 1 aliphatic heterocycles. The van der Waals surface area contributed by atoms with Gasteiger partial charge in [0.15, 0.2) is 6.61 Å². The highest BCUT2D eigenvalue weighted by Gasteiger charge is 2.31. The highest BCUT2D eigenvalue weighted by molar-refractivity contribution is 6.01. The molecule has 0 N–H and O–H groups in total. The van der Waals surface area contributed by atoms with Gasteiger partial charge >= 0.3 is 11.9 Å². The molecule has 27 heavy (non-hydrogen) atoms. The van der Waals surface area contributed by atoms with Gasteiger partial charge in [0.2, 0.25) is 6.10 Å². The molecule has 2 aromatic rings. The third kappa shape index (κ3) is 4.35. The molecule has 0 amide bonds. The van der Waals surface area contributed by atoms with Crippen molar-refractivity contribution in [3.63, 3.8) is 0 Å². The summed E-state index contributed by atoms with van der Waals surface area (Å²) in [7, 11) is 3.06. The Labute approximate surface area is 155 Å². The number of hydrogen-bond acceptors (Lipinski definition) is 8. The van der Waals surface area contributed by atoms with Crippen LogP contribution in [0.4, 0.5) is 0 Å². The van der Waals surface area contributed by atoms with Gasteiger partial charge in [-0.3, -0.25) is 0 Å². The first-order valence-corrected chi connectivity index (χ1v) is 8.02. The van der Waals surface area contributed by atoms with Gasteiger partial charge in [0.25, 0.3) is 5.90 Å². The number of hydrogen-bond donors (Lipinski definition) is 0. The van der Waals surface area contributed by atoms with Crippen LogP contribution in [-0.2, 0) is 14.3 Å². The minimum atomic E-state index is -0.915. The van der Waals surface area contributed by atoms with E-state index in [1.165, 1.54) is 14.2 Å². The molecule has 1 heterocycles. The monoisotopic (exact) mass is 371 g/mol. The van der Waals surface area contributed by atoms with E-state index in [0.717, 1.165) is 0 Å². The van der Waals surface area contributed by atoms with Crippen LogP contribution in [0.15, 0.2) is 53.7 Å². The molecule has 0 radical (unpaired) electrons. The molecule has 1 aliphatic rings. The van der Waals surface area contributed by atoms with Gasteiger partial charge in [0.1, 0.15) is 11.5 Å². The zero-order chi connectivity index (χ0) is 19.2. The van der Waals surface area contributed by atoms with Crippen molar-refractivity contribution in [3.8, 4) is 11.5 Å². The number of carbonyl (C=O) groups excluding carboxylic acids is 2. The third-order valence-corrected chi connectivity index (χ3v) is 3.75. The number of ether oxygens (including phenoxy) is 4. The van der Waals surface area contributed by atoms with Crippen LogP contribution in [-0.4, -0.2) is 44.8 Å². The lowest BCUT2D eigenvalue weighted by Crippen LogP contribution is -2.30. The van der Waals surface area contributed by atoms with Crippen LogP contribution >= 0.6 is 0 Å². The van der Waals surface area contributed by atoms with Crippen LogP contribution < -0.4 is 9.47 Å². The van der Waals surface area contributed by atoms with Gasteiger partial charge in [-0.2, -0.15) is 0 Å². The van der Waals surface area contributed by atoms with Crippen LogP contribution in [0.1, 0.15) is 20.7 Å². The molecule has 8 nitrogen and oxygen atoms in total. The normalized spacial score (nSPS) is 15.3. The molecule has 8 heteroatoms. The predicted octanol–water partition coefficient (Wildman–Crippen LogP) is 2.43. The standard InChI is InChI=1S/C19H17NO7/c1-23-14-7-3-12(4-8-14)18(21)26-16-11-25-20-17(16)27-19(22)13-5-9-15(24-2)10-6-13/h3-10,16H,11H2,1-2H3. The Hall–Kier alpha value is -3.55. The Morgan fingerprint density at radius 3 is 1.93 bits per heavy atom. The Bertz CT molecular complexity index is 843. The summed E-state index contributed by atoms with van der Waals surface area (Å²) in [5, 5.41) is 3.64. The fourth-order valence-corrected chi connectivity index (χ4v) is 2.27. The summed E-state index contributed by atoms with van der Waals surface area (Å²) >= 11 is 0. The molecule has 1 atom stereocenters. The number of oxime groups is 1. The maximum atomic E-state index is 12.2. The summed E-state index contributed by atoms with van der Waals surface area (Å²) in [6.07, 6.45) is -0.915. The van der Waals surface area contributed by atoms with E-state index in [-0.39, 0.29) is 12.5 Å². The average molecular weight is 371 g/mol. The summed E-state index contributed by atoms with van der Waals surface area (Å²) in [5.41, 5.74) is 0.620. The summed E-state index contributed by atoms with van der Waals surface area (Å²) in [6.45, 7) is -0.0346. The minimum absolute atomic E-state index is 0.0346. The average Bonchev–Trinajstić information content (AvgIpc) is 3.14. The van der Waals surface area contributed by atoms with Gasteiger partial charge in [-0.25, -0.2) is 9.59 Å². The van der Waals surface area contributed by atoms with Crippen molar-refractivity contribution >= 4 is 17.8 Å². The summed E-state index contributed by atoms with van der Waals surface area (Å²) in [5.74, 6) is -0.128. The molecule has 0 saturated carbocycles. The maximum Gasteiger partial charge on any atom is 0.344 e. The molecule has 140 valence electrons. The highest BCUT2D eigenvalue weighted by atomic mass is 16.7. The van der Waals surface area contributed by atoms with Gasteiger partial charge < -0.3 is 23.8 Å². The van der Waals surface area contributed by atoms with Crippen LogP contribution in [0.2, 0.25) is 0 Å². The highest BCUT2D eigenvalue weighted by Crippen LogP contribution is 2.17. The zero-order valence-corrected chi connectivity index (χ0v) is 14.7. The van der Waals surface area contributed by atoms with Crippen LogP contribution in [0.3, 0.4) is 0 Å². The topological polar surface area (TPSA) is 92.7 Å². The van der Waals surface area contributed by atoms with Gasteiger partial charge in [0, 0.05) is 0 Å². The van der Waals surface area contributed by atoms with E-state index < -0.39 is 18.0 Å². The molecule has 0 spiro atoms. The second-order valence-corrected chi connectivity index (χ2v) is 5.47. The van der Waals surface area contributed by atoms with E-state index in [0.29, 0.717) is 22.6 Å². The van der Waals surface area contributed by atoms with Crippen molar-refractivity contribution in [1.29, 1.82) is 0 Å². The second kappa shape index (κ2) is 8.22. The van der Waals surface area contributed by atoms with Crippen LogP contribution in [0.25, 0.3) is 0 Å². The molecule has 3 rings (SSSR count). The Balaban J connectivity index is 1.62. The molecule has 2 aromatic carbocycles. The van der Waals surface area contributed by atoms with E-state index in [2.05, 4.69) is 5.16 Å². The van der Waals surface area contributed by atoms with Crippen molar-refractivity contribution in [1.82, 2.24) is 0 Å². The molecule has 0 aromatic heterocycles. The summed E-state index contributed by atoms with van der Waals surface area (Å²) < 4.78 is 20.6. The van der Waals surface area contributed by atoms with E-state index in [1.54, 1.807) is 48.5 Å². The van der Waals surface area contributed by atoms with Gasteiger partial charge in [0.05, 0.1) is 25.3 Å². The Kier molecular flexibility index (Phi) is 5.55. The molecule has 0 fully saturated rings. The van der Waals surface area contributed by atoms with E-state index in [9.17, 15) is 9.59 Å².